The fraction of sp³-hybridized carbons (Fsp3) is 0.310. The lowest BCUT2D eigenvalue weighted by atomic mass is 9.96. The van der Waals surface area contributed by atoms with Gasteiger partial charge in [0.2, 0.25) is 0 Å². The molecule has 0 amide bonds. The fourth-order valence-electron chi connectivity index (χ4n) is 3.91. The lowest BCUT2D eigenvalue weighted by Gasteiger charge is -2.24. The summed E-state index contributed by atoms with van der Waals surface area (Å²) >= 11 is 0. The van der Waals surface area contributed by atoms with E-state index in [1.807, 2.05) is 30.6 Å². The van der Waals surface area contributed by atoms with Gasteiger partial charge in [-0.25, -0.2) is 4.79 Å². The number of carboxylic acid groups (broad SMARTS) is 3. The number of benzene rings is 2. The summed E-state index contributed by atoms with van der Waals surface area (Å²) in [6, 6.07) is 20.6. The number of ether oxygens (including phenoxy) is 2. The molecule has 0 saturated heterocycles. The summed E-state index contributed by atoms with van der Waals surface area (Å²) in [6.07, 6.45) is 2.38. The number of carboxylic acids is 3. The molecule has 11 nitrogen and oxygen atoms in total. The fourth-order valence-corrected chi connectivity index (χ4v) is 3.91. The summed E-state index contributed by atoms with van der Waals surface area (Å²) in [5.74, 6) is -3.31. The summed E-state index contributed by atoms with van der Waals surface area (Å²) in [5, 5.41) is 33.8. The van der Waals surface area contributed by atoms with E-state index in [9.17, 15) is 14.4 Å². The van der Waals surface area contributed by atoms with Gasteiger partial charge < -0.3 is 29.9 Å². The van der Waals surface area contributed by atoms with Crippen LogP contribution in [0.15, 0.2) is 73.1 Å². The minimum Gasteiger partial charge on any atom is -0.496 e. The Balaban J connectivity index is 0.000000366. The van der Waals surface area contributed by atoms with Crippen LogP contribution in [0.3, 0.4) is 0 Å². The lowest BCUT2D eigenvalue weighted by Crippen LogP contribution is -2.42. The normalized spacial score (nSPS) is 10.8. The van der Waals surface area contributed by atoms with Crippen molar-refractivity contribution >= 4 is 17.9 Å². The Morgan fingerprint density at radius 2 is 1.32 bits per heavy atom. The topological polar surface area (TPSA) is 167 Å². The Kier molecular flexibility index (Phi) is 12.5. The van der Waals surface area contributed by atoms with Crippen molar-refractivity contribution in [3.8, 4) is 11.5 Å². The number of aliphatic carboxylic acids is 3. The zero-order valence-corrected chi connectivity index (χ0v) is 22.4. The Bertz CT molecular complexity index is 1200. The van der Waals surface area contributed by atoms with Gasteiger partial charge in [0.1, 0.15) is 11.5 Å². The molecular weight excluding hydrogens is 520 g/mol. The first-order valence-electron chi connectivity index (χ1n) is 12.3. The average Bonchev–Trinajstić information content (AvgIpc) is 2.92. The summed E-state index contributed by atoms with van der Waals surface area (Å²) in [6.45, 7) is 2.53. The summed E-state index contributed by atoms with van der Waals surface area (Å²) < 4.78 is 11.2. The number of rotatable bonds is 14. The van der Waals surface area contributed by atoms with Crippen LogP contribution in [0, 0.1) is 0 Å². The Hall–Kier alpha value is -4.48. The second-order valence-electron chi connectivity index (χ2n) is 8.92. The molecule has 0 aliphatic rings. The van der Waals surface area contributed by atoms with E-state index in [-0.39, 0.29) is 0 Å². The molecule has 0 atom stereocenters. The van der Waals surface area contributed by atoms with Gasteiger partial charge >= 0.3 is 17.9 Å². The van der Waals surface area contributed by atoms with E-state index in [1.54, 1.807) is 14.2 Å². The van der Waals surface area contributed by atoms with Crippen molar-refractivity contribution in [3.05, 3.63) is 89.7 Å². The molecule has 214 valence electrons. The summed E-state index contributed by atoms with van der Waals surface area (Å²) in [5.41, 5.74) is 0.915. The van der Waals surface area contributed by atoms with E-state index < -0.39 is 36.4 Å². The molecule has 1 heterocycles. The first kappa shape index (κ1) is 31.7. The van der Waals surface area contributed by atoms with Gasteiger partial charge in [-0.3, -0.25) is 19.5 Å². The molecule has 0 saturated carbocycles. The van der Waals surface area contributed by atoms with E-state index in [0.717, 1.165) is 43.1 Å². The highest BCUT2D eigenvalue weighted by molar-refractivity contribution is 5.88. The van der Waals surface area contributed by atoms with Crippen molar-refractivity contribution < 1.29 is 44.3 Å². The standard InChI is InChI=1S/C23H26N2O2.C6H8O7/c1-26-22-9-6-10-23(27-2)21(22)18-25(17-20-11-14-24-15-12-20)16-13-19-7-4-3-5-8-19;7-3(8)1-6(13,5(11)12)2-4(9)10/h3-12,14-15H,13,16-18H2,1-2H3;13H,1-2H2,(H,7,8)(H,9,10)(H,11,12). The first-order valence-corrected chi connectivity index (χ1v) is 12.3. The van der Waals surface area contributed by atoms with Crippen LogP contribution >= 0.6 is 0 Å². The quantitative estimate of drug-likeness (QED) is 0.231. The molecule has 0 spiro atoms. The van der Waals surface area contributed by atoms with Crippen molar-refractivity contribution in [1.82, 2.24) is 9.88 Å². The number of hydrogen-bond donors (Lipinski definition) is 4. The molecule has 4 N–H and O–H groups in total. The number of hydrogen-bond acceptors (Lipinski definition) is 8. The predicted octanol–water partition coefficient (Wildman–Crippen LogP) is 3.10. The number of pyridine rings is 1. The second kappa shape index (κ2) is 15.8. The van der Waals surface area contributed by atoms with E-state index in [1.165, 1.54) is 11.1 Å². The van der Waals surface area contributed by atoms with Crippen LogP contribution in [-0.4, -0.2) is 74.6 Å². The first-order chi connectivity index (χ1) is 19.1. The van der Waals surface area contributed by atoms with Crippen LogP contribution in [0.25, 0.3) is 0 Å². The van der Waals surface area contributed by atoms with Crippen LogP contribution in [0.4, 0.5) is 0 Å². The van der Waals surface area contributed by atoms with Crippen molar-refractivity contribution in [2.45, 2.75) is 38.0 Å². The zero-order valence-electron chi connectivity index (χ0n) is 22.4. The molecule has 0 aliphatic carbocycles. The molecule has 0 unspecified atom stereocenters. The molecule has 1 aromatic heterocycles. The maximum absolute atomic E-state index is 10.3. The number of carbonyl (C=O) groups is 3. The Morgan fingerprint density at radius 1 is 0.775 bits per heavy atom. The SMILES string of the molecule is COc1cccc(OC)c1CN(CCc1ccccc1)Cc1ccncc1.O=C(O)CC(O)(CC(=O)O)C(=O)O. The number of aliphatic hydroxyl groups is 1. The third kappa shape index (κ3) is 10.4. The van der Waals surface area contributed by atoms with Crippen molar-refractivity contribution in [2.24, 2.45) is 0 Å². The molecule has 0 bridgehead atoms. The van der Waals surface area contributed by atoms with Gasteiger partial charge in [-0.2, -0.15) is 0 Å². The largest absolute Gasteiger partial charge is 0.496 e. The van der Waals surface area contributed by atoms with Gasteiger partial charge in [0, 0.05) is 32.0 Å². The molecule has 0 aliphatic heterocycles. The van der Waals surface area contributed by atoms with Crippen LogP contribution in [-0.2, 0) is 33.9 Å². The number of methoxy groups -OCH3 is 2. The minimum atomic E-state index is -2.74. The van der Waals surface area contributed by atoms with Crippen LogP contribution in [0.5, 0.6) is 11.5 Å². The lowest BCUT2D eigenvalue weighted by molar-refractivity contribution is -0.170. The molecule has 3 aromatic rings. The molecule has 0 fully saturated rings. The van der Waals surface area contributed by atoms with E-state index in [4.69, 9.17) is 29.9 Å². The number of aromatic nitrogens is 1. The van der Waals surface area contributed by atoms with Gasteiger partial charge in [-0.15, -0.1) is 0 Å². The average molecular weight is 555 g/mol. The number of nitrogens with zero attached hydrogens (tertiary/aromatic N) is 2. The second-order valence-corrected chi connectivity index (χ2v) is 8.92. The molecule has 0 radical (unpaired) electrons. The van der Waals surface area contributed by atoms with Crippen molar-refractivity contribution in [3.63, 3.8) is 0 Å². The van der Waals surface area contributed by atoms with Gasteiger partial charge in [0.05, 0.1) is 32.6 Å². The summed E-state index contributed by atoms with van der Waals surface area (Å²) in [7, 11) is 3.41. The monoisotopic (exact) mass is 554 g/mol. The van der Waals surface area contributed by atoms with Gasteiger partial charge in [0.15, 0.2) is 5.60 Å². The predicted molar refractivity (Wildman–Crippen MR) is 145 cm³/mol. The van der Waals surface area contributed by atoms with Crippen molar-refractivity contribution in [2.75, 3.05) is 20.8 Å². The molecule has 2 aromatic carbocycles. The van der Waals surface area contributed by atoms with E-state index in [2.05, 4.69) is 52.3 Å². The molecule has 40 heavy (non-hydrogen) atoms. The zero-order chi connectivity index (χ0) is 29.5. The highest BCUT2D eigenvalue weighted by Crippen LogP contribution is 2.30. The summed E-state index contributed by atoms with van der Waals surface area (Å²) in [4.78, 5) is 37.0. The Morgan fingerprint density at radius 3 is 1.80 bits per heavy atom. The molecular formula is C29H34N2O9. The minimum absolute atomic E-state index is 0.752. The third-order valence-electron chi connectivity index (χ3n) is 5.91. The van der Waals surface area contributed by atoms with Gasteiger partial charge in [0.25, 0.3) is 0 Å². The van der Waals surface area contributed by atoms with E-state index >= 15 is 0 Å². The van der Waals surface area contributed by atoms with Crippen LogP contribution in [0.2, 0.25) is 0 Å². The highest BCUT2D eigenvalue weighted by Gasteiger charge is 2.40. The van der Waals surface area contributed by atoms with Crippen molar-refractivity contribution in [1.29, 1.82) is 0 Å². The molecule has 3 rings (SSSR count). The van der Waals surface area contributed by atoms with E-state index in [0.29, 0.717) is 0 Å². The molecule has 11 heteroatoms. The Labute approximate surface area is 232 Å². The van der Waals surface area contributed by atoms with Crippen LogP contribution < -0.4 is 9.47 Å². The third-order valence-corrected chi connectivity index (χ3v) is 5.91. The maximum Gasteiger partial charge on any atom is 0.336 e. The highest BCUT2D eigenvalue weighted by atomic mass is 16.5. The van der Waals surface area contributed by atoms with Gasteiger partial charge in [-0.05, 0) is 41.8 Å². The smallest absolute Gasteiger partial charge is 0.336 e. The van der Waals surface area contributed by atoms with Gasteiger partial charge in [-0.1, -0.05) is 36.4 Å². The van der Waals surface area contributed by atoms with Crippen LogP contribution in [0.1, 0.15) is 29.5 Å². The maximum atomic E-state index is 10.3.